The molecule has 4 nitrogen and oxygen atoms in total. The van der Waals surface area contributed by atoms with Crippen LogP contribution < -0.4 is 5.32 Å². The van der Waals surface area contributed by atoms with Crippen LogP contribution in [-0.2, 0) is 4.74 Å². The van der Waals surface area contributed by atoms with Gasteiger partial charge in [0, 0.05) is 13.1 Å². The van der Waals surface area contributed by atoms with Crippen LogP contribution in [-0.4, -0.2) is 47.8 Å². The largest absolute Gasteiger partial charge is 0.367 e. The third-order valence-corrected chi connectivity index (χ3v) is 3.92. The van der Waals surface area contributed by atoms with E-state index in [9.17, 15) is 5.26 Å². The Morgan fingerprint density at radius 3 is 2.29 bits per heavy atom. The molecular formula is C17H33N3O. The van der Waals surface area contributed by atoms with Crippen LogP contribution in [0.25, 0.3) is 0 Å². The zero-order chi connectivity index (χ0) is 16.1. The Labute approximate surface area is 130 Å². The standard InChI is InChI=1S/C17H33N3O/c1-7-10-19-17(6,12-18)9-8-11-20-13-15(2,3)21-16(4,5)14-20/h19H,7-11,13-14H2,1-6H3. The van der Waals surface area contributed by atoms with Gasteiger partial charge in [-0.25, -0.2) is 0 Å². The second-order valence-electron chi connectivity index (χ2n) is 7.81. The van der Waals surface area contributed by atoms with Gasteiger partial charge in [0.15, 0.2) is 0 Å². The summed E-state index contributed by atoms with van der Waals surface area (Å²) in [4.78, 5) is 2.47. The summed E-state index contributed by atoms with van der Waals surface area (Å²) in [7, 11) is 0. The first kappa shape index (κ1) is 18.4. The molecule has 122 valence electrons. The van der Waals surface area contributed by atoms with E-state index in [0.29, 0.717) is 0 Å². The van der Waals surface area contributed by atoms with E-state index < -0.39 is 5.54 Å². The van der Waals surface area contributed by atoms with Crippen LogP contribution in [0.2, 0.25) is 0 Å². The van der Waals surface area contributed by atoms with Crippen molar-refractivity contribution in [1.29, 1.82) is 5.26 Å². The second-order valence-corrected chi connectivity index (χ2v) is 7.81. The fraction of sp³-hybridized carbons (Fsp3) is 0.941. The third-order valence-electron chi connectivity index (χ3n) is 3.92. The van der Waals surface area contributed by atoms with E-state index in [0.717, 1.165) is 45.4 Å². The molecule has 1 unspecified atom stereocenters. The minimum atomic E-state index is -0.396. The summed E-state index contributed by atoms with van der Waals surface area (Å²) in [5.74, 6) is 0. The number of rotatable bonds is 7. The zero-order valence-electron chi connectivity index (χ0n) is 14.8. The molecule has 1 aliphatic rings. The molecule has 1 saturated heterocycles. The van der Waals surface area contributed by atoms with Crippen molar-refractivity contribution >= 4 is 0 Å². The maximum Gasteiger partial charge on any atom is 0.103 e. The lowest BCUT2D eigenvalue weighted by molar-refractivity contribution is -0.180. The summed E-state index contributed by atoms with van der Waals surface area (Å²) in [5, 5.41) is 12.7. The molecule has 1 rings (SSSR count). The third kappa shape index (κ3) is 6.34. The van der Waals surface area contributed by atoms with Crippen LogP contribution >= 0.6 is 0 Å². The molecule has 0 amide bonds. The Bertz CT molecular complexity index is 357. The van der Waals surface area contributed by atoms with Crippen LogP contribution in [0.15, 0.2) is 0 Å². The number of hydrogen-bond donors (Lipinski definition) is 1. The number of nitrogens with zero attached hydrogens (tertiary/aromatic N) is 2. The number of ether oxygens (including phenoxy) is 1. The first-order valence-electron chi connectivity index (χ1n) is 8.20. The Morgan fingerprint density at radius 1 is 1.24 bits per heavy atom. The van der Waals surface area contributed by atoms with E-state index in [1.165, 1.54) is 0 Å². The predicted octanol–water partition coefficient (Wildman–Crippen LogP) is 2.94. The molecule has 1 heterocycles. The van der Waals surface area contributed by atoms with Crippen molar-refractivity contribution in [2.45, 2.75) is 77.5 Å². The average molecular weight is 295 g/mol. The molecule has 0 bridgehead atoms. The molecule has 21 heavy (non-hydrogen) atoms. The highest BCUT2D eigenvalue weighted by Gasteiger charge is 2.37. The highest BCUT2D eigenvalue weighted by molar-refractivity contribution is 5.03. The second kappa shape index (κ2) is 7.09. The van der Waals surface area contributed by atoms with Crippen molar-refractivity contribution in [3.8, 4) is 6.07 Å². The van der Waals surface area contributed by atoms with Crippen molar-refractivity contribution in [2.24, 2.45) is 0 Å². The first-order valence-corrected chi connectivity index (χ1v) is 8.20. The first-order chi connectivity index (χ1) is 9.61. The van der Waals surface area contributed by atoms with Crippen molar-refractivity contribution in [3.63, 3.8) is 0 Å². The van der Waals surface area contributed by atoms with Gasteiger partial charge < -0.3 is 4.74 Å². The predicted molar refractivity (Wildman–Crippen MR) is 87.2 cm³/mol. The summed E-state index contributed by atoms with van der Waals surface area (Å²) >= 11 is 0. The Balaban J connectivity index is 2.46. The van der Waals surface area contributed by atoms with Crippen molar-refractivity contribution in [2.75, 3.05) is 26.2 Å². The van der Waals surface area contributed by atoms with Crippen LogP contribution in [0, 0.1) is 11.3 Å². The Hall–Kier alpha value is -0.630. The van der Waals surface area contributed by atoms with Gasteiger partial charge in [-0.05, 0) is 67.0 Å². The van der Waals surface area contributed by atoms with E-state index in [1.807, 2.05) is 6.92 Å². The fourth-order valence-corrected chi connectivity index (χ4v) is 3.34. The molecule has 0 aliphatic carbocycles. The smallest absolute Gasteiger partial charge is 0.103 e. The topological polar surface area (TPSA) is 48.3 Å². The van der Waals surface area contributed by atoms with E-state index in [1.54, 1.807) is 0 Å². The molecule has 0 aromatic carbocycles. The monoisotopic (exact) mass is 295 g/mol. The molecule has 0 saturated carbocycles. The quantitative estimate of drug-likeness (QED) is 0.784. The minimum absolute atomic E-state index is 0.0965. The van der Waals surface area contributed by atoms with Gasteiger partial charge in [0.25, 0.3) is 0 Å². The minimum Gasteiger partial charge on any atom is -0.367 e. The van der Waals surface area contributed by atoms with Gasteiger partial charge in [-0.1, -0.05) is 6.92 Å². The molecule has 0 aromatic rings. The molecule has 0 spiro atoms. The molecule has 1 fully saturated rings. The molecule has 0 aromatic heterocycles. The molecule has 4 heteroatoms. The highest BCUT2D eigenvalue weighted by Crippen LogP contribution is 2.28. The molecular weight excluding hydrogens is 262 g/mol. The van der Waals surface area contributed by atoms with Gasteiger partial charge in [0.05, 0.1) is 17.3 Å². The average Bonchev–Trinajstić information content (AvgIpc) is 2.32. The van der Waals surface area contributed by atoms with Gasteiger partial charge in [-0.15, -0.1) is 0 Å². The zero-order valence-corrected chi connectivity index (χ0v) is 14.8. The van der Waals surface area contributed by atoms with Gasteiger partial charge in [-0.3, -0.25) is 10.2 Å². The molecule has 1 N–H and O–H groups in total. The van der Waals surface area contributed by atoms with Gasteiger partial charge >= 0.3 is 0 Å². The van der Waals surface area contributed by atoms with Crippen LogP contribution in [0.5, 0.6) is 0 Å². The van der Waals surface area contributed by atoms with E-state index in [2.05, 4.69) is 50.9 Å². The Morgan fingerprint density at radius 2 is 1.81 bits per heavy atom. The summed E-state index contributed by atoms with van der Waals surface area (Å²) in [6.45, 7) is 16.6. The highest BCUT2D eigenvalue weighted by atomic mass is 16.5. The Kier molecular flexibility index (Phi) is 6.22. The lowest BCUT2D eigenvalue weighted by Gasteiger charge is -2.47. The molecule has 1 aliphatic heterocycles. The fourth-order valence-electron chi connectivity index (χ4n) is 3.34. The lowest BCUT2D eigenvalue weighted by atomic mass is 9.95. The molecule has 0 radical (unpaired) electrons. The lowest BCUT2D eigenvalue weighted by Crippen LogP contribution is -2.57. The van der Waals surface area contributed by atoms with E-state index in [4.69, 9.17) is 4.74 Å². The van der Waals surface area contributed by atoms with E-state index in [-0.39, 0.29) is 11.2 Å². The van der Waals surface area contributed by atoms with E-state index >= 15 is 0 Å². The SMILES string of the molecule is CCCNC(C)(C#N)CCCN1CC(C)(C)OC(C)(C)C1. The van der Waals surface area contributed by atoms with Gasteiger partial charge in [0.1, 0.15) is 5.54 Å². The normalized spacial score (nSPS) is 24.2. The number of morpholine rings is 1. The van der Waals surface area contributed by atoms with Crippen LogP contribution in [0.3, 0.4) is 0 Å². The van der Waals surface area contributed by atoms with Crippen molar-refractivity contribution < 1.29 is 4.74 Å². The summed E-state index contributed by atoms with van der Waals surface area (Å²) in [6, 6.07) is 2.43. The van der Waals surface area contributed by atoms with Gasteiger partial charge in [-0.2, -0.15) is 5.26 Å². The molecule has 1 atom stereocenters. The number of hydrogen-bond acceptors (Lipinski definition) is 4. The number of nitrogens with one attached hydrogen (secondary N) is 1. The van der Waals surface area contributed by atoms with Crippen LogP contribution in [0.1, 0.15) is 60.8 Å². The van der Waals surface area contributed by atoms with Gasteiger partial charge in [0.2, 0.25) is 0 Å². The summed E-state index contributed by atoms with van der Waals surface area (Å²) in [5.41, 5.74) is -0.588. The summed E-state index contributed by atoms with van der Waals surface area (Å²) in [6.07, 6.45) is 2.98. The van der Waals surface area contributed by atoms with Crippen molar-refractivity contribution in [3.05, 3.63) is 0 Å². The van der Waals surface area contributed by atoms with Crippen LogP contribution in [0.4, 0.5) is 0 Å². The summed E-state index contributed by atoms with van der Waals surface area (Å²) < 4.78 is 6.11. The maximum absolute atomic E-state index is 9.37. The van der Waals surface area contributed by atoms with Crippen molar-refractivity contribution in [1.82, 2.24) is 10.2 Å². The number of nitriles is 1. The maximum atomic E-state index is 9.37.